The molecule has 2 aliphatic carbocycles. The predicted octanol–water partition coefficient (Wildman–Crippen LogP) is 9.32. The lowest BCUT2D eigenvalue weighted by atomic mass is 9.74. The van der Waals surface area contributed by atoms with Crippen LogP contribution in [0.25, 0.3) is 0 Å². The highest BCUT2D eigenvalue weighted by molar-refractivity contribution is 5.30. The van der Waals surface area contributed by atoms with Crippen molar-refractivity contribution in [3.8, 4) is 0 Å². The van der Waals surface area contributed by atoms with Gasteiger partial charge in [-0.15, -0.1) is 0 Å². The van der Waals surface area contributed by atoms with Crippen molar-refractivity contribution in [2.24, 2.45) is 27.1 Å². The van der Waals surface area contributed by atoms with Crippen molar-refractivity contribution in [1.29, 1.82) is 0 Å². The molecule has 0 atom stereocenters. The zero-order valence-electron chi connectivity index (χ0n) is 28.8. The molecule has 41 heavy (non-hydrogen) atoms. The van der Waals surface area contributed by atoms with Crippen molar-refractivity contribution in [3.63, 3.8) is 0 Å². The van der Waals surface area contributed by atoms with E-state index >= 15 is 0 Å². The number of aryl methyl sites for hydroxylation is 1. The molecule has 1 aromatic rings. The third-order valence-corrected chi connectivity index (χ3v) is 8.73. The summed E-state index contributed by atoms with van der Waals surface area (Å²) in [4.78, 5) is 0. The summed E-state index contributed by atoms with van der Waals surface area (Å²) < 4.78 is 20.9. The lowest BCUT2D eigenvalue weighted by Crippen LogP contribution is -2.22. The number of hydrogen-bond donors (Lipinski definition) is 0. The molecular formula is C37H66O4. The average molecular weight is 575 g/mol. The fourth-order valence-corrected chi connectivity index (χ4v) is 4.85. The molecule has 3 heterocycles. The number of benzene rings is 1. The van der Waals surface area contributed by atoms with Crippen molar-refractivity contribution in [2.45, 2.75) is 121 Å². The molecule has 0 spiro atoms. The van der Waals surface area contributed by atoms with E-state index in [4.69, 9.17) is 18.9 Å². The van der Waals surface area contributed by atoms with E-state index in [-0.39, 0.29) is 5.41 Å². The van der Waals surface area contributed by atoms with Crippen LogP contribution in [0.5, 0.6) is 0 Å². The van der Waals surface area contributed by atoms with Crippen LogP contribution in [-0.2, 0) is 31.8 Å². The third kappa shape index (κ3) is 17.1. The summed E-state index contributed by atoms with van der Waals surface area (Å²) in [6.07, 6.45) is 10.4. The summed E-state index contributed by atoms with van der Waals surface area (Å²) >= 11 is 0. The maximum Gasteiger partial charge on any atom is 0.0700 e. The van der Waals surface area contributed by atoms with E-state index in [1.165, 1.54) is 51.4 Å². The molecule has 0 amide bonds. The van der Waals surface area contributed by atoms with Gasteiger partial charge in [-0.2, -0.15) is 0 Å². The Kier molecular flexibility index (Phi) is 14.3. The van der Waals surface area contributed by atoms with Crippen LogP contribution in [0.1, 0.15) is 119 Å². The van der Waals surface area contributed by atoms with Gasteiger partial charge in [0, 0.05) is 25.2 Å². The Morgan fingerprint density at radius 2 is 0.829 bits per heavy atom. The second-order valence-electron chi connectivity index (χ2n) is 16.8. The van der Waals surface area contributed by atoms with Gasteiger partial charge < -0.3 is 18.9 Å². The SMILES string of the molecule is CC1(C)CC1.CC1(C)CCOC1.CC1(C)CCOCC1.CC1(C)CCc2ccccc2C1.CC1(C)COCCOC1. The first-order chi connectivity index (χ1) is 19.0. The largest absolute Gasteiger partial charge is 0.381 e. The van der Waals surface area contributed by atoms with Gasteiger partial charge in [-0.25, -0.2) is 0 Å². The highest BCUT2D eigenvalue weighted by Crippen LogP contribution is 2.43. The molecule has 4 nitrogen and oxygen atoms in total. The lowest BCUT2D eigenvalue weighted by molar-refractivity contribution is 0.0327. The molecule has 0 aromatic heterocycles. The molecule has 0 bridgehead atoms. The Bertz CT molecular complexity index is 835. The summed E-state index contributed by atoms with van der Waals surface area (Å²) in [5, 5.41) is 0. The first-order valence-electron chi connectivity index (χ1n) is 16.4. The quantitative estimate of drug-likeness (QED) is 0.309. The average Bonchev–Trinajstić information content (AvgIpc) is 3.49. The van der Waals surface area contributed by atoms with Crippen molar-refractivity contribution in [1.82, 2.24) is 0 Å². The monoisotopic (exact) mass is 574 g/mol. The van der Waals surface area contributed by atoms with Crippen LogP contribution in [0, 0.1) is 27.1 Å². The van der Waals surface area contributed by atoms with Gasteiger partial charge in [-0.3, -0.25) is 0 Å². The van der Waals surface area contributed by atoms with E-state index in [1.54, 1.807) is 11.1 Å². The lowest BCUT2D eigenvalue weighted by Gasteiger charge is -2.31. The Morgan fingerprint density at radius 3 is 1.22 bits per heavy atom. The first kappa shape index (κ1) is 36.3. The van der Waals surface area contributed by atoms with E-state index in [1.807, 2.05) is 0 Å². The molecule has 5 aliphatic rings. The molecule has 3 aliphatic heterocycles. The molecule has 3 saturated heterocycles. The molecule has 0 radical (unpaired) electrons. The summed E-state index contributed by atoms with van der Waals surface area (Å²) in [6, 6.07) is 8.85. The molecular weight excluding hydrogens is 508 g/mol. The van der Waals surface area contributed by atoms with Gasteiger partial charge in [-0.05, 0) is 84.2 Å². The minimum atomic E-state index is 0.219. The second kappa shape index (κ2) is 16.2. The summed E-state index contributed by atoms with van der Waals surface area (Å²) in [6.45, 7) is 29.7. The fourth-order valence-electron chi connectivity index (χ4n) is 4.85. The van der Waals surface area contributed by atoms with Gasteiger partial charge in [0.05, 0.1) is 33.0 Å². The second-order valence-corrected chi connectivity index (χ2v) is 16.8. The Hall–Kier alpha value is -0.940. The molecule has 1 aromatic carbocycles. The van der Waals surface area contributed by atoms with Gasteiger partial charge in [-0.1, -0.05) is 93.5 Å². The molecule has 238 valence electrons. The highest BCUT2D eigenvalue weighted by atomic mass is 16.5. The van der Waals surface area contributed by atoms with Crippen molar-refractivity contribution in [3.05, 3.63) is 35.4 Å². The first-order valence-corrected chi connectivity index (χ1v) is 16.4. The maximum absolute atomic E-state index is 5.28. The minimum absolute atomic E-state index is 0.219. The number of fused-ring (bicyclic) bond motifs is 1. The Morgan fingerprint density at radius 1 is 0.415 bits per heavy atom. The zero-order valence-corrected chi connectivity index (χ0v) is 28.8. The minimum Gasteiger partial charge on any atom is -0.381 e. The van der Waals surface area contributed by atoms with Gasteiger partial charge in [0.2, 0.25) is 0 Å². The number of ether oxygens (including phenoxy) is 4. The van der Waals surface area contributed by atoms with Crippen LogP contribution in [-0.4, -0.2) is 52.9 Å². The van der Waals surface area contributed by atoms with Crippen molar-refractivity contribution in [2.75, 3.05) is 52.9 Å². The molecule has 0 unspecified atom stereocenters. The molecule has 0 N–H and O–H groups in total. The van der Waals surface area contributed by atoms with E-state index in [9.17, 15) is 0 Å². The molecule has 6 rings (SSSR count). The van der Waals surface area contributed by atoms with E-state index in [2.05, 4.69) is 93.5 Å². The highest BCUT2D eigenvalue weighted by Gasteiger charge is 2.30. The molecule has 4 heteroatoms. The third-order valence-electron chi connectivity index (χ3n) is 8.73. The van der Waals surface area contributed by atoms with E-state index in [0.29, 0.717) is 16.2 Å². The smallest absolute Gasteiger partial charge is 0.0700 e. The van der Waals surface area contributed by atoms with Crippen molar-refractivity contribution < 1.29 is 18.9 Å². The van der Waals surface area contributed by atoms with Gasteiger partial charge in [0.25, 0.3) is 0 Å². The summed E-state index contributed by atoms with van der Waals surface area (Å²) in [7, 11) is 0. The summed E-state index contributed by atoms with van der Waals surface area (Å²) in [5.74, 6) is 0. The normalized spacial score (nSPS) is 25.8. The van der Waals surface area contributed by atoms with Crippen LogP contribution >= 0.6 is 0 Å². The van der Waals surface area contributed by atoms with Crippen LogP contribution in [0.15, 0.2) is 24.3 Å². The zero-order chi connectivity index (χ0) is 30.6. The van der Waals surface area contributed by atoms with Crippen LogP contribution in [0.4, 0.5) is 0 Å². The van der Waals surface area contributed by atoms with E-state index < -0.39 is 0 Å². The topological polar surface area (TPSA) is 36.9 Å². The summed E-state index contributed by atoms with van der Waals surface area (Å²) in [5.41, 5.74) is 5.65. The van der Waals surface area contributed by atoms with Gasteiger partial charge in [0.15, 0.2) is 0 Å². The fraction of sp³-hybridized carbons (Fsp3) is 0.838. The Labute approximate surface area is 254 Å². The molecule has 1 saturated carbocycles. The van der Waals surface area contributed by atoms with Gasteiger partial charge >= 0.3 is 0 Å². The van der Waals surface area contributed by atoms with Crippen LogP contribution in [0.3, 0.4) is 0 Å². The molecule has 4 fully saturated rings. The van der Waals surface area contributed by atoms with Crippen LogP contribution < -0.4 is 0 Å². The number of hydrogen-bond acceptors (Lipinski definition) is 4. The van der Waals surface area contributed by atoms with Gasteiger partial charge in [0.1, 0.15) is 0 Å². The van der Waals surface area contributed by atoms with E-state index in [0.717, 1.165) is 58.3 Å². The number of rotatable bonds is 0. The Balaban J connectivity index is 0.000000184. The van der Waals surface area contributed by atoms with Crippen LogP contribution in [0.2, 0.25) is 0 Å². The maximum atomic E-state index is 5.28. The predicted molar refractivity (Wildman–Crippen MR) is 174 cm³/mol. The van der Waals surface area contributed by atoms with Crippen molar-refractivity contribution >= 4 is 0 Å². The standard InChI is InChI=1S/C12H16.C7H14O2.C7H14O.C6H12O.C5H10/c1-12(2)8-7-10-5-3-4-6-11(10)9-12;1-7(2)5-8-3-4-9-6-7;1-7(2)3-5-8-6-4-7;1-6(2)3-4-7-5-6;1-5(2)3-4-5/h3-6H,7-9H2,1-2H3;3-6H2,1-2H3;3-6H2,1-2H3;3-5H2,1-2H3;3-4H2,1-2H3.